The Morgan fingerprint density at radius 2 is 0.500 bits per heavy atom. The first-order valence-corrected chi connectivity index (χ1v) is 0. The maximum absolute atomic E-state index is 0. The third-order valence-corrected chi connectivity index (χ3v) is 0. The first-order chi connectivity index (χ1) is 0. The summed E-state index contributed by atoms with van der Waals surface area (Å²) in [7, 11) is 0. The average molecular weight is 370 g/mol. The summed E-state index contributed by atoms with van der Waals surface area (Å²) in [5.74, 6) is 0. The van der Waals surface area contributed by atoms with E-state index in [9.17, 15) is 0 Å². The van der Waals surface area contributed by atoms with Crippen LogP contribution in [-0.4, -0.2) is 17.4 Å². The van der Waals surface area contributed by atoms with Crippen LogP contribution in [-0.2, 0) is 0 Å². The van der Waals surface area contributed by atoms with Crippen molar-refractivity contribution >= 4 is 17.4 Å². The molecule has 0 fully saturated rings. The van der Waals surface area contributed by atoms with Crippen molar-refractivity contribution in [3.05, 3.63) is 0 Å². The Bertz CT molecular complexity index is 7.51. The molecule has 0 rings (SSSR count). The van der Waals surface area contributed by atoms with E-state index in [1.165, 1.54) is 0 Å². The molecular weight excluding hydrogens is 370 g/mol. The van der Waals surface area contributed by atoms with Crippen LogP contribution in [0.3, 0.4) is 0 Å². The third-order valence-electron chi connectivity index (χ3n) is 0. The molecule has 0 aliphatic heterocycles. The van der Waals surface area contributed by atoms with E-state index in [0.29, 0.717) is 0 Å². The Morgan fingerprint density at radius 1 is 0.500 bits per heavy atom. The van der Waals surface area contributed by atoms with Gasteiger partial charge in [-0.2, -0.15) is 0 Å². The molecular formula is AlBr4Na. The molecule has 6 heteroatoms. The summed E-state index contributed by atoms with van der Waals surface area (Å²) in [6.07, 6.45) is 0. The van der Waals surface area contributed by atoms with E-state index in [-0.39, 0.29) is 115 Å². The fourth-order valence-electron chi connectivity index (χ4n) is 0. The van der Waals surface area contributed by atoms with Crippen LogP contribution in [0.25, 0.3) is 0 Å². The average Bonchev–Trinajstić information content (AvgIpc) is 0. The van der Waals surface area contributed by atoms with Gasteiger partial charge in [0.25, 0.3) is 0 Å². The van der Waals surface area contributed by atoms with Crippen LogP contribution in [0, 0.1) is 0 Å². The van der Waals surface area contributed by atoms with E-state index in [2.05, 4.69) is 0 Å². The molecule has 0 aromatic heterocycles. The zero-order chi connectivity index (χ0) is 0. The fourth-order valence-corrected chi connectivity index (χ4v) is 0. The quantitative estimate of drug-likeness (QED) is 0.372. The zero-order valence-electron chi connectivity index (χ0n) is 3.09. The van der Waals surface area contributed by atoms with Gasteiger partial charge in [-0.15, -0.1) is 0 Å². The summed E-state index contributed by atoms with van der Waals surface area (Å²) in [6, 6.07) is 0. The minimum Gasteiger partial charge on any atom is -1.00 e. The van der Waals surface area contributed by atoms with E-state index < -0.39 is 0 Å². The molecule has 0 heterocycles. The molecule has 6 heavy (non-hydrogen) atoms. The van der Waals surface area contributed by atoms with Crippen molar-refractivity contribution < 1.29 is 97.5 Å². The summed E-state index contributed by atoms with van der Waals surface area (Å²) in [4.78, 5) is 0. The molecule has 0 nitrogen and oxygen atoms in total. The summed E-state index contributed by atoms with van der Waals surface area (Å²) in [6.45, 7) is 0. The van der Waals surface area contributed by atoms with Crippen LogP contribution in [0.1, 0.15) is 0 Å². The van der Waals surface area contributed by atoms with Crippen LogP contribution in [0.5, 0.6) is 0 Å². The van der Waals surface area contributed by atoms with Gasteiger partial charge in [0.2, 0.25) is 0 Å². The van der Waals surface area contributed by atoms with Gasteiger partial charge in [-0.05, 0) is 0 Å². The first-order valence-electron chi connectivity index (χ1n) is 0. The molecule has 32 valence electrons. The van der Waals surface area contributed by atoms with Crippen molar-refractivity contribution in [3.8, 4) is 0 Å². The van der Waals surface area contributed by atoms with Crippen molar-refractivity contribution in [1.29, 1.82) is 0 Å². The predicted molar refractivity (Wildman–Crippen MR) is 5.75 cm³/mol. The van der Waals surface area contributed by atoms with Gasteiger partial charge in [0.05, 0.1) is 0 Å². The number of hydrogen-bond donors (Lipinski definition) is 0. The molecule has 0 aliphatic carbocycles. The molecule has 0 unspecified atom stereocenters. The van der Waals surface area contributed by atoms with Crippen molar-refractivity contribution in [2.45, 2.75) is 0 Å². The van der Waals surface area contributed by atoms with Gasteiger partial charge < -0.3 is 67.9 Å². The molecule has 0 bridgehead atoms. The second-order valence-electron chi connectivity index (χ2n) is 0. The Hall–Kier alpha value is 3.45. The van der Waals surface area contributed by atoms with E-state index in [1.54, 1.807) is 0 Å². The number of rotatable bonds is 0. The standard InChI is InChI=1S/Al.4BrH.Na/h;4*1H;/q+3;;;;;+1/p-4. The van der Waals surface area contributed by atoms with Crippen LogP contribution in [0.15, 0.2) is 0 Å². The SMILES string of the molecule is [Al+3].[Br-].[Br-].[Br-].[Br-].[Na+]. The fraction of sp³-hybridized carbons (Fsp3) is 0. The molecule has 0 aliphatic rings. The molecule has 0 N–H and O–H groups in total. The normalized spacial score (nSPS) is 0. The Morgan fingerprint density at radius 3 is 0.500 bits per heavy atom. The van der Waals surface area contributed by atoms with Gasteiger partial charge in [-0.3, -0.25) is 0 Å². The van der Waals surface area contributed by atoms with Crippen molar-refractivity contribution in [3.63, 3.8) is 0 Å². The largest absolute Gasteiger partial charge is 3.00 e. The molecule has 0 amide bonds. The van der Waals surface area contributed by atoms with Crippen LogP contribution in [0.4, 0.5) is 0 Å². The third kappa shape index (κ3) is 26.0. The van der Waals surface area contributed by atoms with Crippen LogP contribution in [0.2, 0.25) is 0 Å². The summed E-state index contributed by atoms with van der Waals surface area (Å²) < 4.78 is 0. The second-order valence-corrected chi connectivity index (χ2v) is 0. The summed E-state index contributed by atoms with van der Waals surface area (Å²) in [5.41, 5.74) is 0. The molecule has 0 atom stereocenters. The van der Waals surface area contributed by atoms with Gasteiger partial charge in [0, 0.05) is 0 Å². The first kappa shape index (κ1) is 56.7. The summed E-state index contributed by atoms with van der Waals surface area (Å²) >= 11 is 0. The maximum atomic E-state index is 0. The van der Waals surface area contributed by atoms with E-state index in [1.807, 2.05) is 0 Å². The smallest absolute Gasteiger partial charge is 1.00 e. The van der Waals surface area contributed by atoms with Crippen molar-refractivity contribution in [2.75, 3.05) is 0 Å². The van der Waals surface area contributed by atoms with Crippen molar-refractivity contribution in [2.24, 2.45) is 0 Å². The predicted octanol–water partition coefficient (Wildman–Crippen LogP) is -15.4. The Balaban J connectivity index is 0. The topological polar surface area (TPSA) is 0 Å². The Kier molecular flexibility index (Phi) is 372. The maximum Gasteiger partial charge on any atom is 3.00 e. The van der Waals surface area contributed by atoms with Crippen molar-refractivity contribution in [1.82, 2.24) is 0 Å². The second kappa shape index (κ2) is 39.4. The van der Waals surface area contributed by atoms with E-state index >= 15 is 0 Å². The van der Waals surface area contributed by atoms with Gasteiger partial charge in [-0.25, -0.2) is 0 Å². The van der Waals surface area contributed by atoms with Gasteiger partial charge in [-0.1, -0.05) is 0 Å². The number of halogens is 4. The number of hydrogen-bond acceptors (Lipinski definition) is 0. The van der Waals surface area contributed by atoms with E-state index in [4.69, 9.17) is 0 Å². The van der Waals surface area contributed by atoms with Gasteiger partial charge in [0.1, 0.15) is 0 Å². The Labute approximate surface area is 113 Å². The van der Waals surface area contributed by atoms with Gasteiger partial charge >= 0.3 is 46.9 Å². The van der Waals surface area contributed by atoms with Crippen LogP contribution < -0.4 is 97.5 Å². The van der Waals surface area contributed by atoms with E-state index in [0.717, 1.165) is 0 Å². The monoisotopic (exact) mass is 366 g/mol. The minimum atomic E-state index is 0. The molecule has 0 spiro atoms. The zero-order valence-corrected chi connectivity index (χ0v) is 12.6. The van der Waals surface area contributed by atoms with Gasteiger partial charge in [0.15, 0.2) is 0 Å². The minimum absolute atomic E-state index is 0. The molecule has 0 aromatic rings. The molecule has 0 radical (unpaired) electrons. The molecule has 0 saturated carbocycles. The van der Waals surface area contributed by atoms with Crippen LogP contribution >= 0.6 is 0 Å². The summed E-state index contributed by atoms with van der Waals surface area (Å²) in [5, 5.41) is 0. The molecule has 0 aromatic carbocycles. The molecule has 0 saturated heterocycles.